The number of Topliss-reactive ketones (excluding diaryl/α,β-unsaturated/α-hetero) is 2. The van der Waals surface area contributed by atoms with Gasteiger partial charge in [-0.3, -0.25) is 9.59 Å². The van der Waals surface area contributed by atoms with Crippen molar-refractivity contribution in [3.8, 4) is 0 Å². The molecule has 178 valence electrons. The van der Waals surface area contributed by atoms with Gasteiger partial charge in [-0.05, 0) is 71.6 Å². The van der Waals surface area contributed by atoms with E-state index in [2.05, 4.69) is 24.3 Å². The van der Waals surface area contributed by atoms with E-state index in [0.717, 1.165) is 35.1 Å². The standard InChI is InChI=1S/C34H30O2/c35-33(23-9-3-1-4-10-23)31-27-15-7-13-25(27)29(31)21-17-19-22(20-18-21)30-26-14-8-16-28(26)32(30)34(36)24-11-5-2-6-12-24/h1-6,9-12,17-20,25-28H,7-8,13-16H2. The Hall–Kier alpha value is -3.52. The van der Waals surface area contributed by atoms with E-state index in [1.54, 1.807) is 0 Å². The van der Waals surface area contributed by atoms with Crippen molar-refractivity contribution in [2.45, 2.75) is 38.5 Å². The summed E-state index contributed by atoms with van der Waals surface area (Å²) in [5, 5.41) is 0. The molecule has 2 heteroatoms. The fourth-order valence-corrected chi connectivity index (χ4v) is 7.55. The highest BCUT2D eigenvalue weighted by Crippen LogP contribution is 2.58. The second kappa shape index (κ2) is 8.55. The minimum Gasteiger partial charge on any atom is -0.289 e. The largest absolute Gasteiger partial charge is 0.289 e. The first kappa shape index (κ1) is 21.7. The minimum absolute atomic E-state index is 0.198. The quantitative estimate of drug-likeness (QED) is 0.344. The summed E-state index contributed by atoms with van der Waals surface area (Å²) in [6, 6.07) is 28.3. The van der Waals surface area contributed by atoms with Crippen LogP contribution in [-0.2, 0) is 0 Å². The molecule has 4 aliphatic rings. The molecule has 0 radical (unpaired) electrons. The molecule has 0 N–H and O–H groups in total. The zero-order valence-corrected chi connectivity index (χ0v) is 20.5. The summed E-state index contributed by atoms with van der Waals surface area (Å²) in [4.78, 5) is 26.9. The fourth-order valence-electron chi connectivity index (χ4n) is 7.55. The number of carbonyl (C=O) groups excluding carboxylic acids is 2. The first-order chi connectivity index (χ1) is 17.7. The zero-order valence-electron chi connectivity index (χ0n) is 20.5. The van der Waals surface area contributed by atoms with Gasteiger partial charge in [0.1, 0.15) is 0 Å². The van der Waals surface area contributed by atoms with E-state index in [-0.39, 0.29) is 11.6 Å². The van der Waals surface area contributed by atoms with Crippen molar-refractivity contribution >= 4 is 22.7 Å². The predicted octanol–water partition coefficient (Wildman–Crippen LogP) is 7.82. The van der Waals surface area contributed by atoms with Gasteiger partial charge < -0.3 is 0 Å². The Bertz CT molecular complexity index is 1300. The van der Waals surface area contributed by atoms with Crippen LogP contribution in [0.25, 0.3) is 11.1 Å². The maximum atomic E-state index is 13.5. The maximum Gasteiger partial charge on any atom is 0.189 e. The summed E-state index contributed by atoms with van der Waals surface area (Å²) in [5.74, 6) is 2.24. The second-order valence-electron chi connectivity index (χ2n) is 10.9. The lowest BCUT2D eigenvalue weighted by Gasteiger charge is -2.39. The van der Waals surface area contributed by atoms with E-state index in [1.165, 1.54) is 48.0 Å². The maximum absolute atomic E-state index is 13.5. The molecule has 0 aromatic heterocycles. The van der Waals surface area contributed by atoms with Crippen LogP contribution < -0.4 is 0 Å². The third kappa shape index (κ3) is 3.24. The minimum atomic E-state index is 0.198. The lowest BCUT2D eigenvalue weighted by atomic mass is 9.64. The number of allylic oxidation sites excluding steroid dienone is 4. The van der Waals surface area contributed by atoms with E-state index < -0.39 is 0 Å². The van der Waals surface area contributed by atoms with Crippen molar-refractivity contribution in [1.29, 1.82) is 0 Å². The van der Waals surface area contributed by atoms with Gasteiger partial charge in [-0.1, -0.05) is 97.8 Å². The molecule has 0 spiro atoms. The second-order valence-corrected chi connectivity index (χ2v) is 10.9. The molecule has 3 aromatic rings. The molecule has 0 amide bonds. The van der Waals surface area contributed by atoms with Gasteiger partial charge in [-0.15, -0.1) is 0 Å². The lowest BCUT2D eigenvalue weighted by molar-refractivity contribution is 0.100. The van der Waals surface area contributed by atoms with Crippen LogP contribution >= 0.6 is 0 Å². The smallest absolute Gasteiger partial charge is 0.189 e. The van der Waals surface area contributed by atoms with Crippen molar-refractivity contribution in [2.75, 3.05) is 0 Å². The molecule has 0 bridgehead atoms. The molecule has 7 rings (SSSR count). The van der Waals surface area contributed by atoms with Gasteiger partial charge in [0, 0.05) is 22.3 Å². The highest BCUT2D eigenvalue weighted by atomic mass is 16.1. The first-order valence-corrected chi connectivity index (χ1v) is 13.5. The molecule has 4 atom stereocenters. The molecule has 2 fully saturated rings. The summed E-state index contributed by atoms with van der Waals surface area (Å²) >= 11 is 0. The van der Waals surface area contributed by atoms with Crippen LogP contribution in [0, 0.1) is 23.7 Å². The summed E-state index contributed by atoms with van der Waals surface area (Å²) in [6.07, 6.45) is 7.00. The molecule has 36 heavy (non-hydrogen) atoms. The van der Waals surface area contributed by atoms with Crippen molar-refractivity contribution in [3.63, 3.8) is 0 Å². The Morgan fingerprint density at radius 1 is 0.472 bits per heavy atom. The number of hydrogen-bond donors (Lipinski definition) is 0. The first-order valence-electron chi connectivity index (χ1n) is 13.5. The average molecular weight is 471 g/mol. The molecule has 4 aliphatic carbocycles. The van der Waals surface area contributed by atoms with Gasteiger partial charge in [0.25, 0.3) is 0 Å². The Labute approximate surface area is 212 Å². The monoisotopic (exact) mass is 470 g/mol. The average Bonchev–Trinajstić information content (AvgIpc) is 3.51. The number of fused-ring (bicyclic) bond motifs is 2. The predicted molar refractivity (Wildman–Crippen MR) is 143 cm³/mol. The van der Waals surface area contributed by atoms with Gasteiger partial charge in [-0.25, -0.2) is 0 Å². The van der Waals surface area contributed by atoms with Crippen LogP contribution in [0.5, 0.6) is 0 Å². The van der Waals surface area contributed by atoms with E-state index in [9.17, 15) is 9.59 Å². The molecule has 4 unspecified atom stereocenters. The summed E-state index contributed by atoms with van der Waals surface area (Å²) in [5.41, 5.74) is 8.55. The highest BCUT2D eigenvalue weighted by molar-refractivity contribution is 6.17. The SMILES string of the molecule is O=C(C1=C(c2ccc(C3=C(C(=O)c4ccccc4)C4CCCC34)cc2)C2CCCC12)c1ccccc1. The van der Waals surface area contributed by atoms with E-state index in [1.807, 2.05) is 60.7 Å². The van der Waals surface area contributed by atoms with E-state index in [4.69, 9.17) is 0 Å². The lowest BCUT2D eigenvalue weighted by Crippen LogP contribution is -2.31. The third-order valence-corrected chi connectivity index (χ3v) is 9.16. The normalized spacial score (nSPS) is 26.2. The van der Waals surface area contributed by atoms with Crippen LogP contribution in [0.3, 0.4) is 0 Å². The molecular weight excluding hydrogens is 440 g/mol. The Kier molecular flexibility index (Phi) is 5.16. The van der Waals surface area contributed by atoms with Gasteiger partial charge in [0.2, 0.25) is 0 Å². The molecule has 3 aromatic carbocycles. The topological polar surface area (TPSA) is 34.1 Å². The summed E-state index contributed by atoms with van der Waals surface area (Å²) in [7, 11) is 0. The van der Waals surface area contributed by atoms with Crippen molar-refractivity contribution in [3.05, 3.63) is 118 Å². The number of hydrogen-bond acceptors (Lipinski definition) is 2. The molecular formula is C34H30O2. The molecule has 2 saturated carbocycles. The Morgan fingerprint density at radius 3 is 1.22 bits per heavy atom. The van der Waals surface area contributed by atoms with Crippen LogP contribution in [0.4, 0.5) is 0 Å². The van der Waals surface area contributed by atoms with Crippen molar-refractivity contribution in [2.24, 2.45) is 23.7 Å². The third-order valence-electron chi connectivity index (χ3n) is 9.16. The number of carbonyl (C=O) groups is 2. The number of ketones is 2. The fraction of sp³-hybridized carbons (Fsp3) is 0.294. The number of rotatable bonds is 6. The van der Waals surface area contributed by atoms with Gasteiger partial charge >= 0.3 is 0 Å². The summed E-state index contributed by atoms with van der Waals surface area (Å²) < 4.78 is 0. The molecule has 0 heterocycles. The molecule has 0 aliphatic heterocycles. The Balaban J connectivity index is 1.25. The van der Waals surface area contributed by atoms with Crippen molar-refractivity contribution < 1.29 is 9.59 Å². The molecule has 2 nitrogen and oxygen atoms in total. The summed E-state index contributed by atoms with van der Waals surface area (Å²) in [6.45, 7) is 0. The van der Waals surface area contributed by atoms with Crippen molar-refractivity contribution in [1.82, 2.24) is 0 Å². The van der Waals surface area contributed by atoms with E-state index in [0.29, 0.717) is 23.7 Å². The van der Waals surface area contributed by atoms with Gasteiger partial charge in [0.05, 0.1) is 0 Å². The van der Waals surface area contributed by atoms with Crippen LogP contribution in [-0.4, -0.2) is 11.6 Å². The Morgan fingerprint density at radius 2 is 0.833 bits per heavy atom. The van der Waals surface area contributed by atoms with Crippen LogP contribution in [0.2, 0.25) is 0 Å². The van der Waals surface area contributed by atoms with Crippen LogP contribution in [0.15, 0.2) is 96.1 Å². The highest BCUT2D eigenvalue weighted by Gasteiger charge is 2.48. The van der Waals surface area contributed by atoms with Crippen LogP contribution in [0.1, 0.15) is 70.4 Å². The number of benzene rings is 3. The van der Waals surface area contributed by atoms with Gasteiger partial charge in [0.15, 0.2) is 11.6 Å². The van der Waals surface area contributed by atoms with Gasteiger partial charge in [-0.2, -0.15) is 0 Å². The molecule has 0 saturated heterocycles. The van der Waals surface area contributed by atoms with E-state index >= 15 is 0 Å². The zero-order chi connectivity index (χ0) is 24.2.